The molecular formula is C12H18N2. The third-order valence-corrected chi connectivity index (χ3v) is 3.01. The Kier molecular flexibility index (Phi) is 2.73. The van der Waals surface area contributed by atoms with E-state index >= 15 is 0 Å². The van der Waals surface area contributed by atoms with Crippen molar-refractivity contribution in [2.24, 2.45) is 5.92 Å². The van der Waals surface area contributed by atoms with Crippen molar-refractivity contribution in [2.45, 2.75) is 32.4 Å². The topological polar surface area (TPSA) is 38.0 Å². The molecule has 1 fully saturated rings. The molecule has 1 aromatic rings. The van der Waals surface area contributed by atoms with Gasteiger partial charge in [-0.25, -0.2) is 0 Å². The van der Waals surface area contributed by atoms with Crippen LogP contribution in [0.3, 0.4) is 0 Å². The standard InChI is InChI=1S/C12H18N2/c1-9-6-11(7-9)14-8-10-4-2-3-5-12(10)13/h2-5,9,11,14H,6-8,13H2,1H3. The molecule has 1 aliphatic carbocycles. The zero-order valence-corrected chi connectivity index (χ0v) is 8.66. The summed E-state index contributed by atoms with van der Waals surface area (Å²) in [5.74, 6) is 0.903. The molecule has 0 radical (unpaired) electrons. The van der Waals surface area contributed by atoms with Gasteiger partial charge in [0, 0.05) is 18.3 Å². The molecule has 1 aliphatic rings. The van der Waals surface area contributed by atoms with Gasteiger partial charge in [-0.05, 0) is 30.4 Å². The van der Waals surface area contributed by atoms with Crippen LogP contribution in [0, 0.1) is 5.92 Å². The quantitative estimate of drug-likeness (QED) is 0.717. The average Bonchev–Trinajstić information content (AvgIpc) is 2.13. The van der Waals surface area contributed by atoms with Crippen molar-refractivity contribution in [3.8, 4) is 0 Å². The minimum absolute atomic E-state index is 0.713. The van der Waals surface area contributed by atoms with Crippen molar-refractivity contribution in [2.75, 3.05) is 5.73 Å². The number of anilines is 1. The molecule has 0 aliphatic heterocycles. The molecule has 1 saturated carbocycles. The number of hydrogen-bond acceptors (Lipinski definition) is 2. The average molecular weight is 190 g/mol. The van der Waals surface area contributed by atoms with Crippen LogP contribution >= 0.6 is 0 Å². The van der Waals surface area contributed by atoms with Crippen LogP contribution in [0.25, 0.3) is 0 Å². The lowest BCUT2D eigenvalue weighted by atomic mass is 9.82. The summed E-state index contributed by atoms with van der Waals surface area (Å²) in [6.07, 6.45) is 2.62. The van der Waals surface area contributed by atoms with Gasteiger partial charge >= 0.3 is 0 Å². The molecule has 0 atom stereocenters. The Morgan fingerprint density at radius 2 is 2.07 bits per heavy atom. The molecule has 0 bridgehead atoms. The molecule has 0 unspecified atom stereocenters. The number of nitrogen functional groups attached to an aromatic ring is 1. The predicted octanol–water partition coefficient (Wildman–Crippen LogP) is 2.16. The molecule has 0 saturated heterocycles. The third kappa shape index (κ3) is 2.07. The van der Waals surface area contributed by atoms with E-state index in [1.807, 2.05) is 18.2 Å². The first-order valence-corrected chi connectivity index (χ1v) is 5.32. The second kappa shape index (κ2) is 4.01. The van der Waals surface area contributed by atoms with Gasteiger partial charge in [0.25, 0.3) is 0 Å². The lowest BCUT2D eigenvalue weighted by Gasteiger charge is -2.33. The first kappa shape index (κ1) is 9.53. The predicted molar refractivity (Wildman–Crippen MR) is 59.9 cm³/mol. The second-order valence-corrected chi connectivity index (χ2v) is 4.35. The summed E-state index contributed by atoms with van der Waals surface area (Å²) in [7, 11) is 0. The number of hydrogen-bond donors (Lipinski definition) is 2. The van der Waals surface area contributed by atoms with Crippen LogP contribution in [0.4, 0.5) is 5.69 Å². The van der Waals surface area contributed by atoms with Crippen LogP contribution in [0.15, 0.2) is 24.3 Å². The Bertz CT molecular complexity index is 303. The molecule has 2 rings (SSSR count). The van der Waals surface area contributed by atoms with Gasteiger partial charge in [-0.3, -0.25) is 0 Å². The van der Waals surface area contributed by atoms with Crippen LogP contribution in [0.2, 0.25) is 0 Å². The van der Waals surface area contributed by atoms with Crippen LogP contribution in [0.1, 0.15) is 25.3 Å². The van der Waals surface area contributed by atoms with Crippen LogP contribution in [0.5, 0.6) is 0 Å². The molecule has 0 aromatic heterocycles. The molecule has 3 N–H and O–H groups in total. The van der Waals surface area contributed by atoms with Gasteiger partial charge in [-0.1, -0.05) is 25.1 Å². The first-order chi connectivity index (χ1) is 6.75. The van der Waals surface area contributed by atoms with E-state index in [4.69, 9.17) is 5.73 Å². The summed E-state index contributed by atoms with van der Waals surface area (Å²) in [6.45, 7) is 3.21. The molecular weight excluding hydrogens is 172 g/mol. The fourth-order valence-corrected chi connectivity index (χ4v) is 2.02. The fraction of sp³-hybridized carbons (Fsp3) is 0.500. The maximum Gasteiger partial charge on any atom is 0.0359 e. The summed E-state index contributed by atoms with van der Waals surface area (Å²) in [4.78, 5) is 0. The van der Waals surface area contributed by atoms with E-state index in [0.717, 1.165) is 18.2 Å². The van der Waals surface area contributed by atoms with Crippen LogP contribution in [-0.4, -0.2) is 6.04 Å². The number of nitrogens with one attached hydrogen (secondary N) is 1. The van der Waals surface area contributed by atoms with Gasteiger partial charge in [0.05, 0.1) is 0 Å². The van der Waals surface area contributed by atoms with E-state index in [9.17, 15) is 0 Å². The summed E-state index contributed by atoms with van der Waals surface area (Å²) in [6, 6.07) is 8.77. The minimum Gasteiger partial charge on any atom is -0.398 e. The minimum atomic E-state index is 0.713. The maximum absolute atomic E-state index is 5.85. The van der Waals surface area contributed by atoms with E-state index in [1.54, 1.807) is 0 Å². The summed E-state index contributed by atoms with van der Waals surface area (Å²) >= 11 is 0. The first-order valence-electron chi connectivity index (χ1n) is 5.32. The highest BCUT2D eigenvalue weighted by atomic mass is 14.9. The number of nitrogens with two attached hydrogens (primary N) is 1. The van der Waals surface area contributed by atoms with Crippen molar-refractivity contribution < 1.29 is 0 Å². The van der Waals surface area contributed by atoms with Crippen LogP contribution < -0.4 is 11.1 Å². The van der Waals surface area contributed by atoms with Crippen molar-refractivity contribution >= 4 is 5.69 Å². The molecule has 14 heavy (non-hydrogen) atoms. The highest BCUT2D eigenvalue weighted by molar-refractivity contribution is 5.46. The summed E-state index contributed by atoms with van der Waals surface area (Å²) in [5, 5.41) is 3.53. The largest absolute Gasteiger partial charge is 0.398 e. The van der Waals surface area contributed by atoms with Gasteiger partial charge in [0.2, 0.25) is 0 Å². The molecule has 76 valence electrons. The maximum atomic E-state index is 5.85. The van der Waals surface area contributed by atoms with Crippen molar-refractivity contribution in [3.63, 3.8) is 0 Å². The lowest BCUT2D eigenvalue weighted by Crippen LogP contribution is -2.39. The molecule has 1 aromatic carbocycles. The van der Waals surface area contributed by atoms with E-state index in [1.165, 1.54) is 18.4 Å². The zero-order valence-electron chi connectivity index (χ0n) is 8.66. The Hall–Kier alpha value is -1.02. The second-order valence-electron chi connectivity index (χ2n) is 4.35. The fourth-order valence-electron chi connectivity index (χ4n) is 2.02. The highest BCUT2D eigenvalue weighted by Crippen LogP contribution is 2.26. The number of rotatable bonds is 3. The monoisotopic (exact) mass is 190 g/mol. The lowest BCUT2D eigenvalue weighted by molar-refractivity contribution is 0.240. The molecule has 2 nitrogen and oxygen atoms in total. The van der Waals surface area contributed by atoms with Crippen molar-refractivity contribution in [1.29, 1.82) is 0 Å². The normalized spacial score (nSPS) is 25.8. The molecule has 0 heterocycles. The summed E-state index contributed by atoms with van der Waals surface area (Å²) in [5.41, 5.74) is 7.96. The van der Waals surface area contributed by atoms with E-state index in [-0.39, 0.29) is 0 Å². The Balaban J connectivity index is 1.83. The van der Waals surface area contributed by atoms with Crippen molar-refractivity contribution in [3.05, 3.63) is 29.8 Å². The smallest absolute Gasteiger partial charge is 0.0359 e. The van der Waals surface area contributed by atoms with E-state index in [0.29, 0.717) is 6.04 Å². The zero-order chi connectivity index (χ0) is 9.97. The SMILES string of the molecule is CC1CC(NCc2ccccc2N)C1. The van der Waals surface area contributed by atoms with Gasteiger partial charge in [-0.2, -0.15) is 0 Å². The molecule has 0 spiro atoms. The Labute approximate surface area is 85.5 Å². The number of para-hydroxylation sites is 1. The highest BCUT2D eigenvalue weighted by Gasteiger charge is 2.24. The molecule has 0 amide bonds. The Morgan fingerprint density at radius 3 is 2.71 bits per heavy atom. The van der Waals surface area contributed by atoms with Gasteiger partial charge < -0.3 is 11.1 Å². The van der Waals surface area contributed by atoms with E-state index in [2.05, 4.69) is 18.3 Å². The van der Waals surface area contributed by atoms with E-state index < -0.39 is 0 Å². The van der Waals surface area contributed by atoms with Gasteiger partial charge in [0.15, 0.2) is 0 Å². The van der Waals surface area contributed by atoms with Gasteiger partial charge in [-0.15, -0.1) is 0 Å². The van der Waals surface area contributed by atoms with Crippen molar-refractivity contribution in [1.82, 2.24) is 5.32 Å². The van der Waals surface area contributed by atoms with Crippen LogP contribution in [-0.2, 0) is 6.54 Å². The Morgan fingerprint density at radius 1 is 1.36 bits per heavy atom. The summed E-state index contributed by atoms with van der Waals surface area (Å²) < 4.78 is 0. The van der Waals surface area contributed by atoms with Gasteiger partial charge in [0.1, 0.15) is 0 Å². The number of benzene rings is 1. The third-order valence-electron chi connectivity index (χ3n) is 3.01. The molecule has 2 heteroatoms.